The number of fused-ring (bicyclic) bond motifs is 1. The van der Waals surface area contributed by atoms with Gasteiger partial charge >= 0.3 is 0 Å². The van der Waals surface area contributed by atoms with Crippen molar-refractivity contribution in [3.8, 4) is 23.3 Å². The molecule has 5 rings (SSSR count). The van der Waals surface area contributed by atoms with Crippen LogP contribution in [0.25, 0.3) is 0 Å². The Morgan fingerprint density at radius 1 is 0.958 bits per heavy atom. The van der Waals surface area contributed by atoms with Crippen LogP contribution in [0.5, 0.6) is 17.2 Å². The highest BCUT2D eigenvalue weighted by molar-refractivity contribution is 6.01. The summed E-state index contributed by atoms with van der Waals surface area (Å²) in [7, 11) is 4.13. The van der Waals surface area contributed by atoms with Gasteiger partial charge in [0.1, 0.15) is 11.5 Å². The summed E-state index contributed by atoms with van der Waals surface area (Å²) in [4.78, 5) is 29.2. The molecule has 252 valence electrons. The van der Waals surface area contributed by atoms with Gasteiger partial charge in [-0.3, -0.25) is 9.59 Å². The number of para-hydroxylation sites is 2. The average Bonchev–Trinajstić information content (AvgIpc) is 3.09. The number of β-amino-alcohol motifs (C(OH)–C–C–N with tert-alkyl or cyclic N) is 1. The lowest BCUT2D eigenvalue weighted by molar-refractivity contribution is -0.115. The molecule has 4 aromatic carbocycles. The molecular formula is C39H46N4O5. The first-order chi connectivity index (χ1) is 23.2. The molecule has 0 unspecified atom stereocenters. The van der Waals surface area contributed by atoms with E-state index >= 15 is 0 Å². The molecule has 0 fully saturated rings. The van der Waals surface area contributed by atoms with Gasteiger partial charge in [0.25, 0.3) is 5.91 Å². The maximum absolute atomic E-state index is 12.9. The highest BCUT2D eigenvalue weighted by Crippen LogP contribution is 2.32. The van der Waals surface area contributed by atoms with Gasteiger partial charge < -0.3 is 29.7 Å². The Morgan fingerprint density at radius 3 is 2.23 bits per heavy atom. The second kappa shape index (κ2) is 19.5. The van der Waals surface area contributed by atoms with E-state index in [1.54, 1.807) is 47.4 Å². The number of benzene rings is 4. The monoisotopic (exact) mass is 650 g/mol. The first-order valence-corrected chi connectivity index (χ1v) is 16.2. The Hall–Kier alpha value is -5.17. The largest absolute Gasteiger partial charge is 0.490 e. The number of hydrogen-bond acceptors (Lipinski definition) is 7. The van der Waals surface area contributed by atoms with Crippen molar-refractivity contribution in [3.63, 3.8) is 0 Å². The van der Waals surface area contributed by atoms with Crippen molar-refractivity contribution in [1.82, 2.24) is 9.80 Å². The number of hydrogen-bond donors (Lipinski definition) is 2. The van der Waals surface area contributed by atoms with Gasteiger partial charge in [0.15, 0.2) is 5.75 Å². The van der Waals surface area contributed by atoms with Crippen molar-refractivity contribution < 1.29 is 24.2 Å². The summed E-state index contributed by atoms with van der Waals surface area (Å²) in [6, 6.07) is 31.9. The highest BCUT2D eigenvalue weighted by atomic mass is 16.5. The molecule has 0 saturated heterocycles. The Bertz CT molecular complexity index is 1620. The zero-order valence-corrected chi connectivity index (χ0v) is 28.5. The molecule has 0 radical (unpaired) electrons. The molecule has 0 saturated carbocycles. The van der Waals surface area contributed by atoms with E-state index in [1.807, 2.05) is 69.3 Å². The Morgan fingerprint density at radius 2 is 1.60 bits per heavy atom. The van der Waals surface area contributed by atoms with Crippen molar-refractivity contribution in [2.24, 2.45) is 5.92 Å². The molecule has 1 aliphatic rings. The summed E-state index contributed by atoms with van der Waals surface area (Å²) in [5.41, 5.74) is 3.40. The predicted molar refractivity (Wildman–Crippen MR) is 189 cm³/mol. The summed E-state index contributed by atoms with van der Waals surface area (Å²) in [6.07, 6.45) is 0.135. The van der Waals surface area contributed by atoms with Gasteiger partial charge in [0, 0.05) is 25.6 Å². The lowest BCUT2D eigenvalue weighted by Crippen LogP contribution is -2.40. The highest BCUT2D eigenvalue weighted by Gasteiger charge is 2.26. The van der Waals surface area contributed by atoms with E-state index in [9.17, 15) is 14.7 Å². The number of aliphatic hydroxyl groups is 1. The summed E-state index contributed by atoms with van der Waals surface area (Å²) in [6.45, 7) is 7.94. The Labute approximate surface area is 284 Å². The Balaban J connectivity index is 0.000000279. The number of nitriles is 1. The SMILES string of the molecule is CC.CN(C)Cc1ccc(Oc2ccccc2)cc1.C[C@H]1COc2c(NC(=O)Cc3ccc(C#N)cc3)cccc2C(=O)N(CCO)C1. The van der Waals surface area contributed by atoms with Crippen LogP contribution in [0.4, 0.5) is 5.69 Å². The molecule has 4 aromatic rings. The minimum atomic E-state index is -0.249. The number of ether oxygens (including phenoxy) is 2. The Kier molecular flexibility index (Phi) is 15.1. The molecule has 9 nitrogen and oxygen atoms in total. The number of amides is 2. The van der Waals surface area contributed by atoms with E-state index in [4.69, 9.17) is 14.7 Å². The summed E-state index contributed by atoms with van der Waals surface area (Å²) in [5, 5.41) is 21.0. The third-order valence-electron chi connectivity index (χ3n) is 7.07. The van der Waals surface area contributed by atoms with Crippen molar-refractivity contribution in [3.05, 3.63) is 119 Å². The van der Waals surface area contributed by atoms with E-state index in [2.05, 4.69) is 36.4 Å². The molecule has 1 heterocycles. The number of carbonyl (C=O) groups is 2. The first kappa shape index (κ1) is 37.3. The first-order valence-electron chi connectivity index (χ1n) is 16.2. The van der Waals surface area contributed by atoms with Crippen molar-refractivity contribution in [2.75, 3.05) is 45.7 Å². The van der Waals surface area contributed by atoms with Crippen LogP contribution in [0.15, 0.2) is 97.1 Å². The number of aliphatic hydroxyl groups excluding tert-OH is 1. The zero-order valence-electron chi connectivity index (χ0n) is 28.5. The molecule has 0 bridgehead atoms. The molecule has 2 amide bonds. The van der Waals surface area contributed by atoms with Crippen LogP contribution in [-0.2, 0) is 17.8 Å². The fraction of sp³-hybridized carbons (Fsp3) is 0.308. The molecule has 0 aliphatic carbocycles. The molecular weight excluding hydrogens is 604 g/mol. The van der Waals surface area contributed by atoms with E-state index in [0.29, 0.717) is 35.7 Å². The number of anilines is 1. The molecule has 48 heavy (non-hydrogen) atoms. The topological polar surface area (TPSA) is 115 Å². The average molecular weight is 651 g/mol. The fourth-order valence-electron chi connectivity index (χ4n) is 4.91. The lowest BCUT2D eigenvalue weighted by Gasteiger charge is -2.30. The van der Waals surface area contributed by atoms with Crippen LogP contribution in [0.2, 0.25) is 0 Å². The number of rotatable bonds is 9. The van der Waals surface area contributed by atoms with Crippen LogP contribution in [0.1, 0.15) is 47.8 Å². The van der Waals surface area contributed by atoms with Gasteiger partial charge in [-0.2, -0.15) is 5.26 Å². The lowest BCUT2D eigenvalue weighted by atomic mass is 10.1. The van der Waals surface area contributed by atoms with Crippen molar-refractivity contribution in [1.29, 1.82) is 5.26 Å². The van der Waals surface area contributed by atoms with Crippen LogP contribution in [-0.4, -0.2) is 67.1 Å². The van der Waals surface area contributed by atoms with Gasteiger partial charge in [-0.25, -0.2) is 0 Å². The molecule has 1 aliphatic heterocycles. The zero-order chi connectivity index (χ0) is 34.9. The van der Waals surface area contributed by atoms with E-state index < -0.39 is 0 Å². The summed E-state index contributed by atoms with van der Waals surface area (Å²) < 4.78 is 11.6. The second-order valence-corrected chi connectivity index (χ2v) is 11.4. The van der Waals surface area contributed by atoms with Gasteiger partial charge in [0.05, 0.1) is 42.5 Å². The normalized spacial score (nSPS) is 13.6. The van der Waals surface area contributed by atoms with Gasteiger partial charge in [-0.15, -0.1) is 0 Å². The third kappa shape index (κ3) is 11.6. The summed E-state index contributed by atoms with van der Waals surface area (Å²) >= 11 is 0. The predicted octanol–water partition coefficient (Wildman–Crippen LogP) is 6.77. The fourth-order valence-corrected chi connectivity index (χ4v) is 4.91. The van der Waals surface area contributed by atoms with Gasteiger partial charge in [0.2, 0.25) is 5.91 Å². The third-order valence-corrected chi connectivity index (χ3v) is 7.07. The minimum Gasteiger partial charge on any atom is -0.490 e. The van der Waals surface area contributed by atoms with Crippen LogP contribution >= 0.6 is 0 Å². The number of carbonyl (C=O) groups excluding carboxylic acids is 2. The number of nitrogens with zero attached hydrogens (tertiary/aromatic N) is 3. The van der Waals surface area contributed by atoms with Gasteiger partial charge in [-0.1, -0.05) is 69.3 Å². The molecule has 0 spiro atoms. The van der Waals surface area contributed by atoms with Crippen LogP contribution < -0.4 is 14.8 Å². The standard InChI is InChI=1S/C22H23N3O4.C15H17NO.C2H6/c1-15-13-25(9-10-26)22(28)18-3-2-4-19(21(18)29-14-15)24-20(27)11-16-5-7-17(12-23)8-6-16;1-16(2)12-13-8-10-15(11-9-13)17-14-6-4-3-5-7-14;1-2/h2-8,15,26H,9-11,13-14H2,1H3,(H,24,27);3-11H,12H2,1-2H3;1-2H3/t15-;;/m1../s1. The van der Waals surface area contributed by atoms with E-state index in [-0.39, 0.29) is 37.3 Å². The minimum absolute atomic E-state index is 0.0843. The smallest absolute Gasteiger partial charge is 0.257 e. The van der Waals surface area contributed by atoms with E-state index in [0.717, 1.165) is 23.6 Å². The van der Waals surface area contributed by atoms with Crippen LogP contribution in [0.3, 0.4) is 0 Å². The van der Waals surface area contributed by atoms with Crippen molar-refractivity contribution >= 4 is 17.5 Å². The molecule has 0 aromatic heterocycles. The maximum atomic E-state index is 12.9. The molecule has 9 heteroatoms. The maximum Gasteiger partial charge on any atom is 0.257 e. The van der Waals surface area contributed by atoms with Crippen LogP contribution in [0, 0.1) is 17.2 Å². The van der Waals surface area contributed by atoms with E-state index in [1.165, 1.54) is 5.56 Å². The quantitative estimate of drug-likeness (QED) is 0.206. The van der Waals surface area contributed by atoms with Gasteiger partial charge in [-0.05, 0) is 73.8 Å². The molecule has 2 N–H and O–H groups in total. The van der Waals surface area contributed by atoms with Crippen molar-refractivity contribution in [2.45, 2.75) is 33.7 Å². The summed E-state index contributed by atoms with van der Waals surface area (Å²) in [5.74, 6) is 1.69. The second-order valence-electron chi connectivity index (χ2n) is 11.4. The number of nitrogens with one attached hydrogen (secondary N) is 1. The molecule has 1 atom stereocenters.